The topological polar surface area (TPSA) is 35.2 Å². The first-order valence-corrected chi connectivity index (χ1v) is 4.61. The molecule has 0 bridgehead atoms. The molecule has 0 aromatic rings. The van der Waals surface area contributed by atoms with Gasteiger partial charge in [0, 0.05) is 18.6 Å². The van der Waals surface area contributed by atoms with Crippen molar-refractivity contribution in [3.8, 4) is 0 Å². The molecule has 0 heterocycles. The minimum absolute atomic E-state index is 0.370. The van der Waals surface area contributed by atoms with Gasteiger partial charge in [0.25, 0.3) is 0 Å². The maximum Gasteiger partial charge on any atom is 0.0534 e. The SMILES string of the molecule is CCCOCC1(CN)CCC1. The average Bonchev–Trinajstić information content (AvgIpc) is 1.95. The molecule has 2 heteroatoms. The van der Waals surface area contributed by atoms with Crippen LogP contribution in [0, 0.1) is 5.41 Å². The summed E-state index contributed by atoms with van der Waals surface area (Å²) in [5.74, 6) is 0. The van der Waals surface area contributed by atoms with Gasteiger partial charge in [-0.15, -0.1) is 0 Å². The minimum atomic E-state index is 0.370. The zero-order valence-corrected chi connectivity index (χ0v) is 7.44. The van der Waals surface area contributed by atoms with Gasteiger partial charge in [0.15, 0.2) is 0 Å². The van der Waals surface area contributed by atoms with E-state index in [0.29, 0.717) is 5.41 Å². The number of nitrogens with two attached hydrogens (primary N) is 1. The Labute approximate surface area is 69.1 Å². The zero-order chi connectivity index (χ0) is 8.16. The molecule has 1 rings (SSSR count). The van der Waals surface area contributed by atoms with Crippen molar-refractivity contribution in [1.82, 2.24) is 0 Å². The maximum absolute atomic E-state index is 5.67. The molecule has 0 aromatic carbocycles. The molecule has 1 fully saturated rings. The second-order valence-corrected chi connectivity index (χ2v) is 3.61. The molecule has 1 aliphatic rings. The van der Waals surface area contributed by atoms with E-state index in [1.807, 2.05) is 0 Å². The third-order valence-corrected chi connectivity index (χ3v) is 2.60. The van der Waals surface area contributed by atoms with E-state index in [1.54, 1.807) is 0 Å². The third-order valence-electron chi connectivity index (χ3n) is 2.60. The van der Waals surface area contributed by atoms with E-state index >= 15 is 0 Å². The van der Waals surface area contributed by atoms with E-state index < -0.39 is 0 Å². The van der Waals surface area contributed by atoms with Crippen LogP contribution in [0.3, 0.4) is 0 Å². The quantitative estimate of drug-likeness (QED) is 0.614. The maximum atomic E-state index is 5.67. The lowest BCUT2D eigenvalue weighted by atomic mass is 9.69. The van der Waals surface area contributed by atoms with Crippen LogP contribution < -0.4 is 5.73 Å². The Morgan fingerprint density at radius 1 is 1.45 bits per heavy atom. The predicted molar refractivity (Wildman–Crippen MR) is 46.4 cm³/mol. The van der Waals surface area contributed by atoms with Crippen LogP contribution in [0.4, 0.5) is 0 Å². The molecule has 0 spiro atoms. The van der Waals surface area contributed by atoms with E-state index in [-0.39, 0.29) is 0 Å². The summed E-state index contributed by atoms with van der Waals surface area (Å²) in [6.45, 7) is 4.71. The van der Waals surface area contributed by atoms with Gasteiger partial charge >= 0.3 is 0 Å². The van der Waals surface area contributed by atoms with Crippen LogP contribution in [0.5, 0.6) is 0 Å². The number of rotatable bonds is 5. The van der Waals surface area contributed by atoms with Gasteiger partial charge in [-0.1, -0.05) is 13.3 Å². The first-order valence-electron chi connectivity index (χ1n) is 4.61. The summed E-state index contributed by atoms with van der Waals surface area (Å²) in [5, 5.41) is 0. The lowest BCUT2D eigenvalue weighted by Crippen LogP contribution is -2.41. The van der Waals surface area contributed by atoms with Crippen LogP contribution in [0.25, 0.3) is 0 Å². The lowest BCUT2D eigenvalue weighted by molar-refractivity contribution is 0.000366. The first kappa shape index (κ1) is 9.01. The summed E-state index contributed by atoms with van der Waals surface area (Å²) in [6.07, 6.45) is 4.99. The Bertz CT molecular complexity index is 105. The van der Waals surface area contributed by atoms with Crippen LogP contribution in [0.15, 0.2) is 0 Å². The van der Waals surface area contributed by atoms with Crippen molar-refractivity contribution in [1.29, 1.82) is 0 Å². The molecule has 2 nitrogen and oxygen atoms in total. The van der Waals surface area contributed by atoms with E-state index in [1.165, 1.54) is 19.3 Å². The van der Waals surface area contributed by atoms with Crippen LogP contribution in [0.1, 0.15) is 32.6 Å². The zero-order valence-electron chi connectivity index (χ0n) is 7.44. The molecule has 2 N–H and O–H groups in total. The summed E-state index contributed by atoms with van der Waals surface area (Å²) in [7, 11) is 0. The van der Waals surface area contributed by atoms with Gasteiger partial charge in [0.1, 0.15) is 0 Å². The summed E-state index contributed by atoms with van der Waals surface area (Å²) in [6, 6.07) is 0. The van der Waals surface area contributed by atoms with Crippen molar-refractivity contribution in [2.75, 3.05) is 19.8 Å². The van der Waals surface area contributed by atoms with Crippen molar-refractivity contribution in [2.45, 2.75) is 32.6 Å². The normalized spacial score (nSPS) is 21.3. The van der Waals surface area contributed by atoms with Crippen LogP contribution in [-0.4, -0.2) is 19.8 Å². The van der Waals surface area contributed by atoms with Crippen molar-refractivity contribution < 1.29 is 4.74 Å². The highest BCUT2D eigenvalue weighted by Gasteiger charge is 2.35. The van der Waals surface area contributed by atoms with Gasteiger partial charge in [-0.2, -0.15) is 0 Å². The lowest BCUT2D eigenvalue weighted by Gasteiger charge is -2.40. The summed E-state index contributed by atoms with van der Waals surface area (Å²) >= 11 is 0. The van der Waals surface area contributed by atoms with E-state index in [4.69, 9.17) is 10.5 Å². The third kappa shape index (κ3) is 2.17. The summed E-state index contributed by atoms with van der Waals surface area (Å²) < 4.78 is 5.50. The molecule has 0 atom stereocenters. The molecule has 0 amide bonds. The number of hydrogen-bond donors (Lipinski definition) is 1. The molecule has 0 aliphatic heterocycles. The summed E-state index contributed by atoms with van der Waals surface area (Å²) in [5.41, 5.74) is 6.04. The highest BCUT2D eigenvalue weighted by atomic mass is 16.5. The Morgan fingerprint density at radius 2 is 2.18 bits per heavy atom. The van der Waals surface area contributed by atoms with Crippen molar-refractivity contribution >= 4 is 0 Å². The van der Waals surface area contributed by atoms with Gasteiger partial charge in [-0.05, 0) is 19.3 Å². The monoisotopic (exact) mass is 157 g/mol. The van der Waals surface area contributed by atoms with E-state index in [2.05, 4.69) is 6.92 Å². The molecule has 0 saturated heterocycles. The second-order valence-electron chi connectivity index (χ2n) is 3.61. The molecule has 0 unspecified atom stereocenters. The van der Waals surface area contributed by atoms with Gasteiger partial charge in [-0.3, -0.25) is 0 Å². The average molecular weight is 157 g/mol. The Morgan fingerprint density at radius 3 is 2.55 bits per heavy atom. The minimum Gasteiger partial charge on any atom is -0.381 e. The molecule has 0 radical (unpaired) electrons. The van der Waals surface area contributed by atoms with Crippen LogP contribution in [-0.2, 0) is 4.74 Å². The first-order chi connectivity index (χ1) is 5.33. The molecular weight excluding hydrogens is 138 g/mol. The van der Waals surface area contributed by atoms with Crippen molar-refractivity contribution in [3.63, 3.8) is 0 Å². The van der Waals surface area contributed by atoms with Gasteiger partial charge in [0.05, 0.1) is 6.61 Å². The van der Waals surface area contributed by atoms with Gasteiger partial charge in [-0.25, -0.2) is 0 Å². The second kappa shape index (κ2) is 4.07. The van der Waals surface area contributed by atoms with Crippen LogP contribution in [0.2, 0.25) is 0 Å². The molecule has 11 heavy (non-hydrogen) atoms. The molecule has 1 saturated carbocycles. The number of hydrogen-bond acceptors (Lipinski definition) is 2. The fourth-order valence-corrected chi connectivity index (χ4v) is 1.52. The van der Waals surface area contributed by atoms with Gasteiger partial charge < -0.3 is 10.5 Å². The molecule has 1 aliphatic carbocycles. The Hall–Kier alpha value is -0.0800. The van der Waals surface area contributed by atoms with Gasteiger partial charge in [0.2, 0.25) is 0 Å². The molecule has 0 aromatic heterocycles. The predicted octanol–water partition coefficient (Wildman–Crippen LogP) is 1.54. The van der Waals surface area contributed by atoms with E-state index in [0.717, 1.165) is 26.2 Å². The fraction of sp³-hybridized carbons (Fsp3) is 1.00. The van der Waals surface area contributed by atoms with Crippen LogP contribution >= 0.6 is 0 Å². The Balaban J connectivity index is 2.11. The highest BCUT2D eigenvalue weighted by molar-refractivity contribution is 4.88. The van der Waals surface area contributed by atoms with E-state index in [9.17, 15) is 0 Å². The largest absolute Gasteiger partial charge is 0.381 e. The van der Waals surface area contributed by atoms with Crippen molar-refractivity contribution in [2.24, 2.45) is 11.1 Å². The van der Waals surface area contributed by atoms with Crippen molar-refractivity contribution in [3.05, 3.63) is 0 Å². The highest BCUT2D eigenvalue weighted by Crippen LogP contribution is 2.39. The molecular formula is C9H19NO. The summed E-state index contributed by atoms with van der Waals surface area (Å²) in [4.78, 5) is 0. The smallest absolute Gasteiger partial charge is 0.0534 e. The molecule has 66 valence electrons. The Kier molecular flexibility index (Phi) is 3.34. The number of ether oxygens (including phenoxy) is 1. The standard InChI is InChI=1S/C9H19NO/c1-2-6-11-8-9(7-10)4-3-5-9/h2-8,10H2,1H3. The fourth-order valence-electron chi connectivity index (χ4n) is 1.52.